The maximum Gasteiger partial charge on any atom is 0.145 e. The summed E-state index contributed by atoms with van der Waals surface area (Å²) in [5, 5.41) is 2.09. The van der Waals surface area contributed by atoms with E-state index in [4.69, 9.17) is 4.18 Å². The number of allylic oxidation sites excluding steroid dienone is 1. The molecule has 0 saturated heterocycles. The highest BCUT2D eigenvalue weighted by atomic mass is 32.2. The predicted molar refractivity (Wildman–Crippen MR) is 57.5 cm³/mol. The Bertz CT molecular complexity index is 342. The van der Waals surface area contributed by atoms with E-state index in [0.29, 0.717) is 5.92 Å². The van der Waals surface area contributed by atoms with E-state index < -0.39 is 0 Å². The van der Waals surface area contributed by atoms with Crippen LogP contribution in [0.25, 0.3) is 5.57 Å². The molecule has 1 nitrogen and oxygen atoms in total. The van der Waals surface area contributed by atoms with Gasteiger partial charge in [-0.1, -0.05) is 32.0 Å². The minimum atomic E-state index is 0.553. The van der Waals surface area contributed by atoms with Crippen LogP contribution in [0.4, 0.5) is 0 Å². The third-order valence-electron chi connectivity index (χ3n) is 2.13. The molecule has 1 aliphatic rings. The van der Waals surface area contributed by atoms with Gasteiger partial charge in [-0.05, 0) is 17.6 Å². The Kier molecular flexibility index (Phi) is 2.32. The van der Waals surface area contributed by atoms with Crippen molar-refractivity contribution in [2.24, 2.45) is 5.92 Å². The zero-order chi connectivity index (χ0) is 9.26. The molecule has 2 heteroatoms. The van der Waals surface area contributed by atoms with Crippen LogP contribution in [0, 0.1) is 5.92 Å². The summed E-state index contributed by atoms with van der Waals surface area (Å²) in [5.41, 5.74) is 2.60. The molecule has 0 radical (unpaired) electrons. The second-order valence-electron chi connectivity index (χ2n) is 3.40. The van der Waals surface area contributed by atoms with Gasteiger partial charge in [0.1, 0.15) is 5.75 Å². The summed E-state index contributed by atoms with van der Waals surface area (Å²) in [6.07, 6.45) is 0. The fourth-order valence-electron chi connectivity index (χ4n) is 1.42. The van der Waals surface area contributed by atoms with Crippen molar-refractivity contribution in [3.8, 4) is 5.75 Å². The topological polar surface area (TPSA) is 9.23 Å². The lowest BCUT2D eigenvalue weighted by atomic mass is 9.96. The van der Waals surface area contributed by atoms with Gasteiger partial charge in [-0.3, -0.25) is 0 Å². The quantitative estimate of drug-likeness (QED) is 0.627. The normalized spacial score (nSPS) is 14.8. The summed E-state index contributed by atoms with van der Waals surface area (Å²) in [5.74, 6) is 1.54. The summed E-state index contributed by atoms with van der Waals surface area (Å²) >= 11 is 1.41. The molecular weight excluding hydrogens is 180 g/mol. The predicted octanol–water partition coefficient (Wildman–Crippen LogP) is 3.72. The van der Waals surface area contributed by atoms with Crippen molar-refractivity contribution in [2.75, 3.05) is 0 Å². The third kappa shape index (κ3) is 1.59. The van der Waals surface area contributed by atoms with Gasteiger partial charge in [-0.2, -0.15) is 0 Å². The van der Waals surface area contributed by atoms with E-state index >= 15 is 0 Å². The van der Waals surface area contributed by atoms with Crippen LogP contribution in [0.5, 0.6) is 5.75 Å². The molecule has 0 saturated carbocycles. The Balaban J connectivity index is 2.47. The summed E-state index contributed by atoms with van der Waals surface area (Å²) in [4.78, 5) is 0. The molecule has 13 heavy (non-hydrogen) atoms. The lowest BCUT2D eigenvalue weighted by Crippen LogP contribution is -1.99. The van der Waals surface area contributed by atoms with Crippen LogP contribution < -0.4 is 4.18 Å². The van der Waals surface area contributed by atoms with Crippen LogP contribution in [0.2, 0.25) is 0 Å². The molecule has 0 aliphatic carbocycles. The molecular formula is C11H12OS. The van der Waals surface area contributed by atoms with Crippen molar-refractivity contribution in [1.29, 1.82) is 0 Å². The van der Waals surface area contributed by atoms with E-state index in [-0.39, 0.29) is 0 Å². The molecule has 0 atom stereocenters. The average Bonchev–Trinajstić information content (AvgIpc) is 2.17. The van der Waals surface area contributed by atoms with Gasteiger partial charge in [0.15, 0.2) is 0 Å². The molecule has 1 aromatic rings. The number of hydrogen-bond acceptors (Lipinski definition) is 2. The minimum absolute atomic E-state index is 0.553. The average molecular weight is 192 g/mol. The van der Waals surface area contributed by atoms with Gasteiger partial charge in [0.25, 0.3) is 0 Å². The molecule has 1 heterocycles. The summed E-state index contributed by atoms with van der Waals surface area (Å²) in [6.45, 7) is 4.41. The molecule has 0 spiro atoms. The molecule has 0 amide bonds. The second kappa shape index (κ2) is 3.46. The van der Waals surface area contributed by atoms with Crippen molar-refractivity contribution in [2.45, 2.75) is 13.8 Å². The van der Waals surface area contributed by atoms with Crippen LogP contribution >= 0.6 is 12.0 Å². The Morgan fingerprint density at radius 2 is 2.00 bits per heavy atom. The van der Waals surface area contributed by atoms with Crippen LogP contribution in [-0.4, -0.2) is 0 Å². The van der Waals surface area contributed by atoms with Crippen LogP contribution in [0.15, 0.2) is 29.7 Å². The minimum Gasteiger partial charge on any atom is -0.421 e. The molecule has 0 N–H and O–H groups in total. The van der Waals surface area contributed by atoms with Crippen molar-refractivity contribution in [3.63, 3.8) is 0 Å². The first kappa shape index (κ1) is 8.70. The van der Waals surface area contributed by atoms with Crippen molar-refractivity contribution in [1.82, 2.24) is 0 Å². The first-order valence-electron chi connectivity index (χ1n) is 4.42. The standard InChI is InChI=1S/C11H12OS/c1-8(2)10-7-13-12-11-6-4-3-5-9(10)11/h3-8H,1-2H3. The first-order chi connectivity index (χ1) is 6.29. The highest BCUT2D eigenvalue weighted by Gasteiger charge is 2.15. The first-order valence-corrected chi connectivity index (χ1v) is 5.22. The van der Waals surface area contributed by atoms with Crippen molar-refractivity contribution < 1.29 is 4.18 Å². The molecule has 1 aliphatic heterocycles. The maximum absolute atomic E-state index is 5.44. The summed E-state index contributed by atoms with van der Waals surface area (Å²) < 4.78 is 5.44. The SMILES string of the molecule is CC(C)C1=CSOc2ccccc21. The number of benzene rings is 1. The summed E-state index contributed by atoms with van der Waals surface area (Å²) in [7, 11) is 0. The Labute approximate surface area is 83.0 Å². The fraction of sp³-hybridized carbons (Fsp3) is 0.273. The van der Waals surface area contributed by atoms with E-state index in [2.05, 4.69) is 31.4 Å². The highest BCUT2D eigenvalue weighted by Crippen LogP contribution is 2.38. The third-order valence-corrected chi connectivity index (χ3v) is 2.76. The van der Waals surface area contributed by atoms with Crippen LogP contribution in [0.1, 0.15) is 19.4 Å². The maximum atomic E-state index is 5.44. The summed E-state index contributed by atoms with van der Waals surface area (Å²) in [6, 6.07) is 8.18. The molecule has 68 valence electrons. The number of rotatable bonds is 1. The van der Waals surface area contributed by atoms with Gasteiger partial charge < -0.3 is 4.18 Å². The molecule has 0 aromatic heterocycles. The smallest absolute Gasteiger partial charge is 0.145 e. The molecule has 0 fully saturated rings. The van der Waals surface area contributed by atoms with E-state index in [1.165, 1.54) is 23.2 Å². The van der Waals surface area contributed by atoms with Crippen LogP contribution in [0.3, 0.4) is 0 Å². The zero-order valence-electron chi connectivity index (χ0n) is 7.78. The van der Waals surface area contributed by atoms with E-state index in [1.54, 1.807) is 0 Å². The van der Waals surface area contributed by atoms with E-state index in [1.807, 2.05) is 12.1 Å². The van der Waals surface area contributed by atoms with Gasteiger partial charge in [-0.15, -0.1) is 0 Å². The Hall–Kier alpha value is -0.890. The largest absolute Gasteiger partial charge is 0.421 e. The van der Waals surface area contributed by atoms with Gasteiger partial charge in [-0.25, -0.2) is 0 Å². The van der Waals surface area contributed by atoms with Gasteiger partial charge in [0.2, 0.25) is 0 Å². The lowest BCUT2D eigenvalue weighted by Gasteiger charge is -2.19. The Morgan fingerprint density at radius 3 is 2.77 bits per heavy atom. The lowest BCUT2D eigenvalue weighted by molar-refractivity contribution is 0.642. The van der Waals surface area contributed by atoms with E-state index in [0.717, 1.165) is 5.75 Å². The zero-order valence-corrected chi connectivity index (χ0v) is 8.60. The van der Waals surface area contributed by atoms with E-state index in [9.17, 15) is 0 Å². The second-order valence-corrected chi connectivity index (χ2v) is 4.00. The number of para-hydroxylation sites is 1. The molecule has 1 aromatic carbocycles. The Morgan fingerprint density at radius 1 is 1.23 bits per heavy atom. The van der Waals surface area contributed by atoms with Crippen molar-refractivity contribution in [3.05, 3.63) is 35.2 Å². The van der Waals surface area contributed by atoms with Crippen LogP contribution in [-0.2, 0) is 0 Å². The number of fused-ring (bicyclic) bond motifs is 1. The monoisotopic (exact) mass is 192 g/mol. The number of hydrogen-bond donors (Lipinski definition) is 0. The van der Waals surface area contributed by atoms with Gasteiger partial charge in [0, 0.05) is 11.0 Å². The van der Waals surface area contributed by atoms with Gasteiger partial charge >= 0.3 is 0 Å². The molecule has 2 rings (SSSR count). The fourth-order valence-corrected chi connectivity index (χ4v) is 2.22. The molecule has 0 unspecified atom stereocenters. The molecule has 0 bridgehead atoms. The van der Waals surface area contributed by atoms with Gasteiger partial charge in [0.05, 0.1) is 12.0 Å². The highest BCUT2D eigenvalue weighted by molar-refractivity contribution is 7.98. The van der Waals surface area contributed by atoms with Crippen molar-refractivity contribution >= 4 is 17.6 Å².